The molecule has 1 aromatic carbocycles. The molecule has 0 spiro atoms. The van der Waals surface area contributed by atoms with Crippen LogP contribution in [0.2, 0.25) is 0 Å². The molecule has 0 aliphatic rings. The number of hydrogen-bond donors (Lipinski definition) is 0. The molecule has 31 heavy (non-hydrogen) atoms. The van der Waals surface area contributed by atoms with E-state index in [4.69, 9.17) is 9.47 Å². The largest absolute Gasteiger partial charge is 0.609 e. The maximum absolute atomic E-state index is 13.1. The number of pyridine rings is 1. The zero-order valence-corrected chi connectivity index (χ0v) is 17.6. The normalized spacial score (nSPS) is 12.7. The van der Waals surface area contributed by atoms with Gasteiger partial charge in [0.2, 0.25) is 0 Å². The third kappa shape index (κ3) is 5.67. The van der Waals surface area contributed by atoms with Crippen LogP contribution in [0.4, 0.5) is 13.2 Å². The summed E-state index contributed by atoms with van der Waals surface area (Å²) in [6.45, 7) is 1.63. The van der Waals surface area contributed by atoms with E-state index in [1.54, 1.807) is 42.7 Å². The van der Waals surface area contributed by atoms with Gasteiger partial charge in [-0.25, -0.2) is 4.57 Å². The quantitative estimate of drug-likeness (QED) is 0.378. The van der Waals surface area contributed by atoms with Crippen molar-refractivity contribution < 1.29 is 32.0 Å². The van der Waals surface area contributed by atoms with Crippen LogP contribution in [0.5, 0.6) is 5.75 Å². The molecule has 3 rings (SSSR count). The van der Waals surface area contributed by atoms with Crippen LogP contribution in [-0.2, 0) is 33.2 Å². The Kier molecular flexibility index (Phi) is 7.06. The Balaban J connectivity index is 1.86. The number of imidazole rings is 1. The molecule has 1 atom stereocenters. The molecule has 3 aromatic rings. The van der Waals surface area contributed by atoms with Crippen LogP contribution in [0, 0.1) is 6.92 Å². The Hall–Kier alpha value is -2.79. The summed E-state index contributed by atoms with van der Waals surface area (Å²) in [5.74, 6) is -0.494. The standard InChI is InChI=1S/C20H20F3N3O4S/c1-3-18(27)30-12-26-16-7-5-4-6-14(16)25-19(26)31(28)10-15-13(2)17(8-9-24-15)29-11-20(21,22)23/h4-9H,3,10-12H2,1-2H3/t31-/m1/s1. The molecule has 11 heteroatoms. The van der Waals surface area contributed by atoms with Crippen molar-refractivity contribution in [1.29, 1.82) is 0 Å². The number of carbonyl (C=O) groups is 1. The first-order valence-corrected chi connectivity index (χ1v) is 10.6. The summed E-state index contributed by atoms with van der Waals surface area (Å²) >= 11 is -1.71. The van der Waals surface area contributed by atoms with Crippen molar-refractivity contribution in [1.82, 2.24) is 14.5 Å². The zero-order chi connectivity index (χ0) is 22.6. The van der Waals surface area contributed by atoms with Crippen LogP contribution >= 0.6 is 0 Å². The average molecular weight is 455 g/mol. The molecule has 0 saturated carbocycles. The van der Waals surface area contributed by atoms with E-state index in [1.165, 1.54) is 12.3 Å². The molecule has 0 fully saturated rings. The fourth-order valence-corrected chi connectivity index (χ4v) is 4.07. The van der Waals surface area contributed by atoms with Gasteiger partial charge in [-0.05, 0) is 25.1 Å². The summed E-state index contributed by atoms with van der Waals surface area (Å²) in [5.41, 5.74) is 1.90. The van der Waals surface area contributed by atoms with Gasteiger partial charge in [-0.15, -0.1) is 0 Å². The SMILES string of the molecule is CCC(=O)OCn1c([S@+]([O-])Cc2nccc(OCC(F)(F)F)c2C)nc2ccccc21. The number of carbonyl (C=O) groups excluding carboxylic acids is 1. The highest BCUT2D eigenvalue weighted by atomic mass is 32.2. The smallest absolute Gasteiger partial charge is 0.422 e. The van der Waals surface area contributed by atoms with Crippen molar-refractivity contribution in [3.63, 3.8) is 0 Å². The number of para-hydroxylation sites is 2. The first-order chi connectivity index (χ1) is 14.7. The molecule has 0 unspecified atom stereocenters. The summed E-state index contributed by atoms with van der Waals surface area (Å²) < 4.78 is 62.1. The van der Waals surface area contributed by atoms with E-state index in [2.05, 4.69) is 9.97 Å². The Labute approximate surface area is 179 Å². The van der Waals surface area contributed by atoms with Gasteiger partial charge in [0.25, 0.3) is 0 Å². The van der Waals surface area contributed by atoms with Gasteiger partial charge in [0, 0.05) is 29.4 Å². The van der Waals surface area contributed by atoms with Gasteiger partial charge < -0.3 is 14.0 Å². The lowest BCUT2D eigenvalue weighted by Gasteiger charge is -2.15. The topological polar surface area (TPSA) is 89.3 Å². The highest BCUT2D eigenvalue weighted by Crippen LogP contribution is 2.27. The lowest BCUT2D eigenvalue weighted by molar-refractivity contribution is -0.153. The second kappa shape index (κ2) is 9.56. The predicted molar refractivity (Wildman–Crippen MR) is 107 cm³/mol. The van der Waals surface area contributed by atoms with Gasteiger partial charge in [-0.3, -0.25) is 9.78 Å². The van der Waals surface area contributed by atoms with Crippen LogP contribution in [0.15, 0.2) is 41.7 Å². The molecule has 0 N–H and O–H groups in total. The molecule has 0 amide bonds. The van der Waals surface area contributed by atoms with Crippen LogP contribution in [0.25, 0.3) is 11.0 Å². The summed E-state index contributed by atoms with van der Waals surface area (Å²) in [5, 5.41) is 0.174. The van der Waals surface area contributed by atoms with Gasteiger partial charge >= 0.3 is 17.3 Å². The fourth-order valence-electron chi connectivity index (χ4n) is 2.80. The van der Waals surface area contributed by atoms with E-state index in [0.29, 0.717) is 22.3 Å². The van der Waals surface area contributed by atoms with Crippen molar-refractivity contribution in [3.05, 3.63) is 47.8 Å². The molecule has 0 aliphatic carbocycles. The number of esters is 1. The highest BCUT2D eigenvalue weighted by Gasteiger charge is 2.29. The Bertz CT molecular complexity index is 1070. The Morgan fingerprint density at radius 1 is 1.26 bits per heavy atom. The molecule has 7 nitrogen and oxygen atoms in total. The van der Waals surface area contributed by atoms with E-state index in [9.17, 15) is 22.5 Å². The average Bonchev–Trinajstić information content (AvgIpc) is 3.10. The lowest BCUT2D eigenvalue weighted by atomic mass is 10.2. The number of alkyl halides is 3. The van der Waals surface area contributed by atoms with E-state index in [-0.39, 0.29) is 29.8 Å². The number of rotatable bonds is 8. The molecule has 2 aromatic heterocycles. The maximum atomic E-state index is 13.1. The number of halogens is 3. The molecule has 0 saturated heterocycles. The Morgan fingerprint density at radius 2 is 2.00 bits per heavy atom. The predicted octanol–water partition coefficient (Wildman–Crippen LogP) is 3.90. The van der Waals surface area contributed by atoms with Crippen molar-refractivity contribution >= 4 is 28.2 Å². The Morgan fingerprint density at radius 3 is 2.71 bits per heavy atom. The third-order valence-corrected chi connectivity index (χ3v) is 5.64. The first-order valence-electron chi connectivity index (χ1n) is 9.33. The third-order valence-electron chi connectivity index (χ3n) is 4.38. The van der Waals surface area contributed by atoms with Crippen LogP contribution in [0.3, 0.4) is 0 Å². The first kappa shape index (κ1) is 22.9. The number of nitrogens with zero attached hydrogens (tertiary/aromatic N) is 3. The van der Waals surface area contributed by atoms with E-state index >= 15 is 0 Å². The fraction of sp³-hybridized carbons (Fsp3) is 0.350. The summed E-state index contributed by atoms with van der Waals surface area (Å²) in [4.78, 5) is 20.1. The van der Waals surface area contributed by atoms with Gasteiger partial charge in [-0.2, -0.15) is 18.2 Å². The van der Waals surface area contributed by atoms with E-state index in [0.717, 1.165) is 0 Å². The van der Waals surface area contributed by atoms with Gasteiger partial charge in [0.1, 0.15) is 5.75 Å². The van der Waals surface area contributed by atoms with E-state index < -0.39 is 29.9 Å². The highest BCUT2D eigenvalue weighted by molar-refractivity contribution is 7.90. The monoisotopic (exact) mass is 455 g/mol. The number of hydrogen-bond acceptors (Lipinski definition) is 6. The van der Waals surface area contributed by atoms with E-state index in [1.807, 2.05) is 0 Å². The number of ether oxygens (including phenoxy) is 2. The lowest BCUT2D eigenvalue weighted by Crippen LogP contribution is -2.20. The second-order valence-electron chi connectivity index (χ2n) is 6.58. The van der Waals surface area contributed by atoms with Gasteiger partial charge in [0.05, 0.1) is 16.7 Å². The minimum Gasteiger partial charge on any atom is -0.609 e. The van der Waals surface area contributed by atoms with Gasteiger partial charge in [0.15, 0.2) is 19.1 Å². The van der Waals surface area contributed by atoms with Crippen molar-refractivity contribution in [2.75, 3.05) is 6.61 Å². The summed E-state index contributed by atoms with van der Waals surface area (Å²) in [7, 11) is 0. The molecular weight excluding hydrogens is 435 g/mol. The van der Waals surface area contributed by atoms with Crippen LogP contribution in [0.1, 0.15) is 24.6 Å². The molecule has 0 bridgehead atoms. The molecule has 0 aliphatic heterocycles. The van der Waals surface area contributed by atoms with Crippen LogP contribution in [-0.4, -0.2) is 37.8 Å². The number of aromatic nitrogens is 3. The summed E-state index contributed by atoms with van der Waals surface area (Å²) in [6.07, 6.45) is -2.98. The van der Waals surface area contributed by atoms with Crippen molar-refractivity contribution in [2.45, 2.75) is 44.1 Å². The molecule has 166 valence electrons. The minimum atomic E-state index is -4.47. The minimum absolute atomic E-state index is 0.0182. The second-order valence-corrected chi connectivity index (χ2v) is 7.93. The molecular formula is C20H20F3N3O4S. The molecule has 2 heterocycles. The number of fused-ring (bicyclic) bond motifs is 1. The zero-order valence-electron chi connectivity index (χ0n) is 16.8. The van der Waals surface area contributed by atoms with Crippen molar-refractivity contribution in [3.8, 4) is 5.75 Å². The summed E-state index contributed by atoms with van der Waals surface area (Å²) in [6, 6.07) is 8.38. The molecule has 0 radical (unpaired) electrons. The number of benzene rings is 1. The van der Waals surface area contributed by atoms with Crippen LogP contribution < -0.4 is 4.74 Å². The maximum Gasteiger partial charge on any atom is 0.422 e. The van der Waals surface area contributed by atoms with Crippen molar-refractivity contribution in [2.24, 2.45) is 0 Å². The van der Waals surface area contributed by atoms with Gasteiger partial charge in [-0.1, -0.05) is 19.1 Å².